The minimum Gasteiger partial charge on any atom is -0.469 e. The molecule has 0 radical (unpaired) electrons. The number of carbonyl (C=O) groups is 1. The number of rotatable bonds is 5. The number of aryl methyl sites for hydroxylation is 2. The largest absolute Gasteiger partial charge is 0.469 e. The fourth-order valence-corrected chi connectivity index (χ4v) is 2.28. The molecule has 0 spiro atoms. The van der Waals surface area contributed by atoms with Gasteiger partial charge in [-0.3, -0.25) is 9.78 Å². The molecular formula is C13H15N3O2S. The maximum atomic E-state index is 11.1. The quantitative estimate of drug-likeness (QED) is 0.851. The third-order valence-corrected chi connectivity index (χ3v) is 3.45. The molecule has 0 saturated heterocycles. The van der Waals surface area contributed by atoms with Crippen molar-refractivity contribution in [3.05, 3.63) is 35.1 Å². The van der Waals surface area contributed by atoms with Crippen molar-refractivity contribution in [3.8, 4) is 0 Å². The number of methoxy groups -OCH3 is 1. The van der Waals surface area contributed by atoms with E-state index in [4.69, 9.17) is 0 Å². The van der Waals surface area contributed by atoms with E-state index in [2.05, 4.69) is 20.0 Å². The standard InChI is InChI=1S/C13H15N3O2S/c1-9-5-6-14-7-11(9)16-13-15-10(8-19-13)3-4-12(17)18-2/h5-8H,3-4H2,1-2H3,(H,15,16). The molecule has 2 heterocycles. The molecule has 19 heavy (non-hydrogen) atoms. The highest BCUT2D eigenvalue weighted by Gasteiger charge is 2.06. The molecule has 6 heteroatoms. The zero-order chi connectivity index (χ0) is 13.7. The predicted molar refractivity (Wildman–Crippen MR) is 74.7 cm³/mol. The number of nitrogens with one attached hydrogen (secondary N) is 1. The number of pyridine rings is 1. The Morgan fingerprint density at radius 2 is 2.37 bits per heavy atom. The first kappa shape index (κ1) is 13.5. The van der Waals surface area contributed by atoms with Gasteiger partial charge in [-0.2, -0.15) is 0 Å². The average molecular weight is 277 g/mol. The number of anilines is 2. The minimum absolute atomic E-state index is 0.217. The zero-order valence-electron chi connectivity index (χ0n) is 10.8. The molecular weight excluding hydrogens is 262 g/mol. The molecule has 2 aromatic heterocycles. The van der Waals surface area contributed by atoms with Gasteiger partial charge in [0.05, 0.1) is 31.1 Å². The molecule has 0 atom stereocenters. The summed E-state index contributed by atoms with van der Waals surface area (Å²) in [4.78, 5) is 19.6. The van der Waals surface area contributed by atoms with Crippen LogP contribution in [0.2, 0.25) is 0 Å². The second-order valence-electron chi connectivity index (χ2n) is 4.04. The van der Waals surface area contributed by atoms with E-state index in [0.717, 1.165) is 22.1 Å². The van der Waals surface area contributed by atoms with Crippen LogP contribution in [0, 0.1) is 6.92 Å². The van der Waals surface area contributed by atoms with Crippen LogP contribution >= 0.6 is 11.3 Å². The lowest BCUT2D eigenvalue weighted by Crippen LogP contribution is -2.02. The van der Waals surface area contributed by atoms with Gasteiger partial charge in [-0.15, -0.1) is 11.3 Å². The second kappa shape index (κ2) is 6.29. The lowest BCUT2D eigenvalue weighted by atomic mass is 10.2. The molecule has 0 saturated carbocycles. The number of ether oxygens (including phenoxy) is 1. The van der Waals surface area contributed by atoms with Crippen LogP contribution in [0.4, 0.5) is 10.8 Å². The van der Waals surface area contributed by atoms with Crippen molar-refractivity contribution < 1.29 is 9.53 Å². The molecule has 2 aromatic rings. The normalized spacial score (nSPS) is 10.2. The Balaban J connectivity index is 1.98. The maximum absolute atomic E-state index is 11.1. The number of hydrogen-bond acceptors (Lipinski definition) is 6. The van der Waals surface area contributed by atoms with E-state index in [1.807, 2.05) is 18.4 Å². The predicted octanol–water partition coefficient (Wildman–Crippen LogP) is 2.70. The number of hydrogen-bond donors (Lipinski definition) is 1. The van der Waals surface area contributed by atoms with Gasteiger partial charge in [0, 0.05) is 18.0 Å². The van der Waals surface area contributed by atoms with Crippen molar-refractivity contribution >= 4 is 28.1 Å². The molecule has 0 fully saturated rings. The van der Waals surface area contributed by atoms with E-state index in [0.29, 0.717) is 12.8 Å². The van der Waals surface area contributed by atoms with E-state index < -0.39 is 0 Å². The fourth-order valence-electron chi connectivity index (χ4n) is 1.52. The SMILES string of the molecule is COC(=O)CCc1csc(Nc2cnccc2C)n1. The first-order valence-electron chi connectivity index (χ1n) is 5.88. The van der Waals surface area contributed by atoms with Crippen LogP contribution in [0.1, 0.15) is 17.7 Å². The molecule has 100 valence electrons. The minimum atomic E-state index is -0.217. The first-order valence-corrected chi connectivity index (χ1v) is 6.76. The molecule has 0 aromatic carbocycles. The number of aromatic nitrogens is 2. The Morgan fingerprint density at radius 1 is 1.53 bits per heavy atom. The van der Waals surface area contributed by atoms with E-state index in [1.165, 1.54) is 18.4 Å². The summed E-state index contributed by atoms with van der Waals surface area (Å²) in [5.74, 6) is -0.217. The summed E-state index contributed by atoms with van der Waals surface area (Å²) in [6.07, 6.45) is 4.47. The number of nitrogens with zero attached hydrogens (tertiary/aromatic N) is 2. The van der Waals surface area contributed by atoms with Gasteiger partial charge in [-0.1, -0.05) is 0 Å². The van der Waals surface area contributed by atoms with Crippen molar-refractivity contribution in [2.24, 2.45) is 0 Å². The summed E-state index contributed by atoms with van der Waals surface area (Å²) in [5, 5.41) is 5.97. The van der Waals surface area contributed by atoms with Gasteiger partial charge >= 0.3 is 5.97 Å². The van der Waals surface area contributed by atoms with Gasteiger partial charge in [0.15, 0.2) is 5.13 Å². The Morgan fingerprint density at radius 3 is 3.11 bits per heavy atom. The summed E-state index contributed by atoms with van der Waals surface area (Å²) in [6.45, 7) is 2.01. The molecule has 1 N–H and O–H groups in total. The van der Waals surface area contributed by atoms with Crippen molar-refractivity contribution in [3.63, 3.8) is 0 Å². The summed E-state index contributed by atoms with van der Waals surface area (Å²) in [7, 11) is 1.39. The molecule has 0 aliphatic rings. The van der Waals surface area contributed by atoms with Gasteiger partial charge in [0.1, 0.15) is 0 Å². The number of thiazole rings is 1. The highest BCUT2D eigenvalue weighted by molar-refractivity contribution is 7.13. The number of carbonyl (C=O) groups excluding carboxylic acids is 1. The zero-order valence-corrected chi connectivity index (χ0v) is 11.7. The van der Waals surface area contributed by atoms with E-state index in [-0.39, 0.29) is 5.97 Å². The summed E-state index contributed by atoms with van der Waals surface area (Å²) < 4.78 is 4.60. The van der Waals surface area contributed by atoms with Crippen LogP contribution in [0.5, 0.6) is 0 Å². The average Bonchev–Trinajstić information content (AvgIpc) is 2.86. The lowest BCUT2D eigenvalue weighted by molar-refractivity contribution is -0.140. The Bertz CT molecular complexity index is 569. The Labute approximate surface area is 115 Å². The topological polar surface area (TPSA) is 64.1 Å². The van der Waals surface area contributed by atoms with Crippen LogP contribution in [0.25, 0.3) is 0 Å². The van der Waals surface area contributed by atoms with Gasteiger partial charge in [-0.05, 0) is 18.6 Å². The van der Waals surface area contributed by atoms with Gasteiger partial charge in [0.2, 0.25) is 0 Å². The van der Waals surface area contributed by atoms with Gasteiger partial charge in [0.25, 0.3) is 0 Å². The molecule has 0 aliphatic heterocycles. The monoisotopic (exact) mass is 277 g/mol. The molecule has 0 aliphatic carbocycles. The molecule has 0 unspecified atom stereocenters. The van der Waals surface area contributed by atoms with Crippen LogP contribution in [-0.4, -0.2) is 23.0 Å². The summed E-state index contributed by atoms with van der Waals surface area (Å²) in [6, 6.07) is 1.94. The van der Waals surface area contributed by atoms with E-state index in [1.54, 1.807) is 12.4 Å². The van der Waals surface area contributed by atoms with E-state index >= 15 is 0 Å². The molecule has 5 nitrogen and oxygen atoms in total. The van der Waals surface area contributed by atoms with Crippen LogP contribution in [0.3, 0.4) is 0 Å². The van der Waals surface area contributed by atoms with E-state index in [9.17, 15) is 4.79 Å². The van der Waals surface area contributed by atoms with Gasteiger partial charge in [-0.25, -0.2) is 4.98 Å². The van der Waals surface area contributed by atoms with Crippen molar-refractivity contribution in [2.45, 2.75) is 19.8 Å². The molecule has 2 rings (SSSR count). The third kappa shape index (κ3) is 3.75. The van der Waals surface area contributed by atoms with Crippen molar-refractivity contribution in [1.82, 2.24) is 9.97 Å². The lowest BCUT2D eigenvalue weighted by Gasteiger charge is -2.04. The summed E-state index contributed by atoms with van der Waals surface area (Å²) in [5.41, 5.74) is 2.94. The third-order valence-electron chi connectivity index (χ3n) is 2.65. The van der Waals surface area contributed by atoms with Crippen LogP contribution in [-0.2, 0) is 16.0 Å². The first-order chi connectivity index (χ1) is 9.19. The number of esters is 1. The highest BCUT2D eigenvalue weighted by atomic mass is 32.1. The molecule has 0 amide bonds. The highest BCUT2D eigenvalue weighted by Crippen LogP contribution is 2.23. The maximum Gasteiger partial charge on any atom is 0.305 e. The Hall–Kier alpha value is -1.95. The summed E-state index contributed by atoms with van der Waals surface area (Å²) >= 11 is 1.51. The van der Waals surface area contributed by atoms with Crippen LogP contribution in [0.15, 0.2) is 23.8 Å². The second-order valence-corrected chi connectivity index (χ2v) is 4.89. The van der Waals surface area contributed by atoms with Gasteiger partial charge < -0.3 is 10.1 Å². The van der Waals surface area contributed by atoms with Crippen LogP contribution < -0.4 is 5.32 Å². The Kier molecular flexibility index (Phi) is 4.46. The van der Waals surface area contributed by atoms with Crippen molar-refractivity contribution in [2.75, 3.05) is 12.4 Å². The fraction of sp³-hybridized carbons (Fsp3) is 0.308. The smallest absolute Gasteiger partial charge is 0.305 e. The van der Waals surface area contributed by atoms with Crippen molar-refractivity contribution in [1.29, 1.82) is 0 Å². The molecule has 0 bridgehead atoms.